The lowest BCUT2D eigenvalue weighted by Crippen LogP contribution is -2.44. The molecule has 0 saturated heterocycles. The molecule has 0 N–H and O–H groups in total. The highest BCUT2D eigenvalue weighted by Crippen LogP contribution is 2.19. The first kappa shape index (κ1) is 87.7. The van der Waals surface area contributed by atoms with Crippen LogP contribution in [0.2, 0.25) is 0 Å². The summed E-state index contributed by atoms with van der Waals surface area (Å²) in [6.45, 7) is 4.78. The second-order valence-electron chi connectivity index (χ2n) is 27.6. The fourth-order valence-corrected chi connectivity index (χ4v) is 11.4. The van der Waals surface area contributed by atoms with Crippen LogP contribution < -0.4 is 5.11 Å². The molecule has 91 heavy (non-hydrogen) atoms. The molecule has 0 bridgehead atoms. The number of allylic oxidation sites excluding steroid dienone is 12. The molecule has 2 unspecified atom stereocenters. The summed E-state index contributed by atoms with van der Waals surface area (Å²) in [5, 5.41) is 11.9. The van der Waals surface area contributed by atoms with Crippen LogP contribution in [-0.2, 0) is 33.3 Å². The van der Waals surface area contributed by atoms with Crippen molar-refractivity contribution in [2.45, 2.75) is 386 Å². The van der Waals surface area contributed by atoms with E-state index >= 15 is 0 Å². The number of unbranched alkanes of at least 4 members (excludes halogenated alkanes) is 46. The number of quaternary nitrogens is 1. The Kier molecular flexibility index (Phi) is 69.9. The number of likely N-dealkylation sites (N-methyl/N-ethyl adjacent to an activating group) is 1. The first-order valence-electron chi connectivity index (χ1n) is 39.1. The molecule has 0 rings (SSSR count). The number of esters is 2. The normalized spacial score (nSPS) is 13.0. The monoisotopic (exact) mass is 1280 g/mol. The van der Waals surface area contributed by atoms with E-state index in [1.54, 1.807) is 0 Å². The Bertz CT molecular complexity index is 1730. The minimum Gasteiger partial charge on any atom is -0.545 e. The highest BCUT2D eigenvalue weighted by molar-refractivity contribution is 5.70. The molecule has 0 fully saturated rings. The number of carbonyl (C=O) groups is 3. The van der Waals surface area contributed by atoms with Crippen molar-refractivity contribution in [2.75, 3.05) is 47.5 Å². The van der Waals surface area contributed by atoms with Gasteiger partial charge in [0.15, 0.2) is 12.4 Å². The molecule has 0 heterocycles. The molecule has 530 valence electrons. The van der Waals surface area contributed by atoms with Crippen LogP contribution >= 0.6 is 0 Å². The van der Waals surface area contributed by atoms with Gasteiger partial charge >= 0.3 is 11.9 Å². The Hall–Kier alpha value is -3.27. The van der Waals surface area contributed by atoms with Gasteiger partial charge in [0, 0.05) is 12.8 Å². The third-order valence-electron chi connectivity index (χ3n) is 17.4. The zero-order chi connectivity index (χ0) is 66.1. The van der Waals surface area contributed by atoms with Gasteiger partial charge in [0.05, 0.1) is 40.3 Å². The van der Waals surface area contributed by atoms with Gasteiger partial charge in [-0.05, 0) is 89.9 Å². The lowest BCUT2D eigenvalue weighted by atomic mass is 10.0. The van der Waals surface area contributed by atoms with Crippen LogP contribution in [0, 0.1) is 0 Å². The molecule has 0 aromatic carbocycles. The maximum absolute atomic E-state index is 13.0. The van der Waals surface area contributed by atoms with Gasteiger partial charge in [-0.1, -0.05) is 344 Å². The van der Waals surface area contributed by atoms with E-state index in [1.165, 1.54) is 283 Å². The van der Waals surface area contributed by atoms with Crippen molar-refractivity contribution in [1.29, 1.82) is 0 Å². The smallest absolute Gasteiger partial charge is 0.306 e. The van der Waals surface area contributed by atoms with Crippen LogP contribution in [0.4, 0.5) is 0 Å². The van der Waals surface area contributed by atoms with E-state index in [0.29, 0.717) is 23.9 Å². The third kappa shape index (κ3) is 74.0. The Morgan fingerprint density at radius 1 is 0.330 bits per heavy atom. The predicted molar refractivity (Wildman–Crippen MR) is 389 cm³/mol. The van der Waals surface area contributed by atoms with Crippen LogP contribution in [0.3, 0.4) is 0 Å². The van der Waals surface area contributed by atoms with Gasteiger partial charge in [-0.15, -0.1) is 0 Å². The molecule has 0 saturated carbocycles. The zero-order valence-corrected chi connectivity index (χ0v) is 60.7. The maximum atomic E-state index is 13.0. The van der Waals surface area contributed by atoms with Crippen molar-refractivity contribution >= 4 is 17.9 Å². The molecule has 0 aliphatic rings. The van der Waals surface area contributed by atoms with Crippen molar-refractivity contribution in [3.8, 4) is 0 Å². The Balaban J connectivity index is 4.01. The summed E-state index contributed by atoms with van der Waals surface area (Å²) in [7, 11) is 5.94. The topological polar surface area (TPSA) is 111 Å². The van der Waals surface area contributed by atoms with Crippen LogP contribution in [0.25, 0.3) is 0 Å². The van der Waals surface area contributed by atoms with E-state index in [9.17, 15) is 19.5 Å². The molecule has 0 aromatic heterocycles. The molecule has 0 spiro atoms. The largest absolute Gasteiger partial charge is 0.545 e. The van der Waals surface area contributed by atoms with Gasteiger partial charge in [-0.25, -0.2) is 0 Å². The van der Waals surface area contributed by atoms with Gasteiger partial charge < -0.3 is 33.3 Å². The van der Waals surface area contributed by atoms with Gasteiger partial charge in [-0.3, -0.25) is 9.59 Å². The summed E-state index contributed by atoms with van der Waals surface area (Å²) < 4.78 is 22.9. The van der Waals surface area contributed by atoms with E-state index in [2.05, 4.69) is 86.8 Å². The Labute approximate surface area is 564 Å². The summed E-state index contributed by atoms with van der Waals surface area (Å²) >= 11 is 0. The van der Waals surface area contributed by atoms with Crippen molar-refractivity contribution < 1.29 is 42.9 Å². The number of nitrogens with zero attached hydrogens (tertiary/aromatic N) is 1. The second kappa shape index (κ2) is 72.6. The number of hydrogen-bond donors (Lipinski definition) is 0. The highest BCUT2D eigenvalue weighted by Gasteiger charge is 2.22. The van der Waals surface area contributed by atoms with Crippen LogP contribution in [0.5, 0.6) is 0 Å². The summed E-state index contributed by atoms with van der Waals surface area (Å²) in [5.41, 5.74) is 0. The second-order valence-corrected chi connectivity index (χ2v) is 27.6. The molecule has 9 heteroatoms. The Morgan fingerprint density at radius 2 is 0.593 bits per heavy atom. The maximum Gasteiger partial charge on any atom is 0.306 e. The average molecular weight is 1280 g/mol. The quantitative estimate of drug-likeness (QED) is 0.0195. The molecule has 2 atom stereocenters. The molecule has 0 aromatic rings. The summed E-state index contributed by atoms with van der Waals surface area (Å²) in [6, 6.07) is 0. The molecular weight excluding hydrogens is 1130 g/mol. The van der Waals surface area contributed by atoms with Crippen LogP contribution in [-0.4, -0.2) is 82.3 Å². The number of carboxylic acid groups (broad SMARTS) is 1. The average Bonchev–Trinajstić information content (AvgIpc) is 3.50. The van der Waals surface area contributed by atoms with E-state index < -0.39 is 24.3 Å². The molecular formula is C82H149NO8. The van der Waals surface area contributed by atoms with Crippen molar-refractivity contribution in [1.82, 2.24) is 0 Å². The minimum absolute atomic E-state index is 0.148. The number of rotatable bonds is 73. The SMILES string of the molecule is CCCCCCC/C=C\C/C=C\C/C=C\CCCCCCCCCCCCCCCCCCCCCCCCC(=O)OC(COC(=O)CCCCCCCCCCCCCCCC/C=C\C/C=C\C/C=C\CCCCCCC)COC(OCC[N+](C)(C)C)C(=O)[O-]. The Morgan fingerprint density at radius 3 is 0.879 bits per heavy atom. The first-order chi connectivity index (χ1) is 44.6. The molecule has 0 aliphatic heterocycles. The standard InChI is InChI=1S/C82H149NO8/c1-6-8-10-12-14-16-18-20-22-24-26-28-30-32-34-36-37-38-39-40-41-42-43-45-47-49-51-53-55-57-59-61-63-65-67-69-71-73-80(85)91-78(77-90-82(81(86)87)88-75-74-83(3,4)5)76-89-79(84)72-70-68-66-64-62-60-58-56-54-52-50-48-46-44-35-33-31-29-27-25-23-21-19-17-15-13-11-9-7-2/h18-21,24-27,30-33,78,82H,6-17,22-23,28-29,34-77H2,1-5H3/b20-18-,21-19-,26-24-,27-25-,32-30-,33-31-. The zero-order valence-electron chi connectivity index (χ0n) is 60.7. The number of ether oxygens (including phenoxy) is 4. The number of hydrogen-bond acceptors (Lipinski definition) is 8. The van der Waals surface area contributed by atoms with Crippen molar-refractivity contribution in [3.05, 3.63) is 72.9 Å². The molecule has 0 amide bonds. The van der Waals surface area contributed by atoms with Crippen molar-refractivity contribution in [3.63, 3.8) is 0 Å². The van der Waals surface area contributed by atoms with Crippen LogP contribution in [0.15, 0.2) is 72.9 Å². The van der Waals surface area contributed by atoms with E-state index in [0.717, 1.165) is 57.8 Å². The first-order valence-corrected chi connectivity index (χ1v) is 39.1. The lowest BCUT2D eigenvalue weighted by molar-refractivity contribution is -0.870. The number of carbonyl (C=O) groups excluding carboxylic acids is 3. The summed E-state index contributed by atoms with van der Waals surface area (Å²) in [6.07, 6.45) is 94.4. The van der Waals surface area contributed by atoms with Gasteiger partial charge in [0.25, 0.3) is 0 Å². The summed E-state index contributed by atoms with van der Waals surface area (Å²) in [4.78, 5) is 37.6. The van der Waals surface area contributed by atoms with Gasteiger partial charge in [0.1, 0.15) is 13.2 Å². The van der Waals surface area contributed by atoms with E-state index in [-0.39, 0.29) is 32.2 Å². The fraction of sp³-hybridized carbons (Fsp3) is 0.817. The summed E-state index contributed by atoms with van der Waals surface area (Å²) in [5.74, 6) is -2.26. The van der Waals surface area contributed by atoms with Crippen LogP contribution in [0.1, 0.15) is 373 Å². The van der Waals surface area contributed by atoms with Gasteiger partial charge in [-0.2, -0.15) is 0 Å². The molecule has 0 radical (unpaired) electrons. The lowest BCUT2D eigenvalue weighted by Gasteiger charge is -2.26. The minimum atomic E-state index is -1.62. The van der Waals surface area contributed by atoms with E-state index in [4.69, 9.17) is 18.9 Å². The molecule has 0 aliphatic carbocycles. The van der Waals surface area contributed by atoms with Gasteiger partial charge in [0.2, 0.25) is 0 Å². The number of aliphatic carboxylic acids is 1. The fourth-order valence-electron chi connectivity index (χ4n) is 11.4. The van der Waals surface area contributed by atoms with E-state index in [1.807, 2.05) is 21.1 Å². The van der Waals surface area contributed by atoms with Crippen molar-refractivity contribution in [2.24, 2.45) is 0 Å². The molecule has 9 nitrogen and oxygen atoms in total. The third-order valence-corrected chi connectivity index (χ3v) is 17.4. The predicted octanol–water partition coefficient (Wildman–Crippen LogP) is 23.5. The highest BCUT2D eigenvalue weighted by atomic mass is 16.7. The number of carboxylic acids is 1.